The highest BCUT2D eigenvalue weighted by Crippen LogP contribution is 2.17. The molecule has 0 heterocycles. The second-order valence-corrected chi connectivity index (χ2v) is 2.95. The predicted octanol–water partition coefficient (Wildman–Crippen LogP) is 2.70. The minimum Gasteiger partial charge on any atom is -0.491 e. The number of carbonyl (C=O) groups excluding carboxylic acids is 1. The zero-order chi connectivity index (χ0) is 11.8. The molecule has 0 aromatic heterocycles. The van der Waals surface area contributed by atoms with Gasteiger partial charge in [-0.15, -0.1) is 0 Å². The zero-order valence-corrected chi connectivity index (χ0v) is 9.36. The van der Waals surface area contributed by atoms with E-state index in [9.17, 15) is 4.79 Å². The van der Waals surface area contributed by atoms with Crippen molar-refractivity contribution in [2.75, 3.05) is 27.4 Å². The molecule has 0 bridgehead atoms. The van der Waals surface area contributed by atoms with Crippen molar-refractivity contribution < 1.29 is 19.0 Å². The molecule has 0 unspecified atom stereocenters. The molecule has 0 atom stereocenters. The molecule has 1 aromatic rings. The van der Waals surface area contributed by atoms with E-state index in [0.29, 0.717) is 24.7 Å². The number of rotatable bonds is 5. The maximum atomic E-state index is 10.9. The molecule has 0 aliphatic rings. The molecular weight excluding hydrogens is 234 g/mol. The highest BCUT2D eigenvalue weighted by atomic mass is 16.6. The molecule has 0 radical (unpaired) electrons. The Hall–Kier alpha value is -1.75. The summed E-state index contributed by atoms with van der Waals surface area (Å²) in [5.41, 5.74) is 0. The monoisotopic (exact) mass is 257 g/mol. The van der Waals surface area contributed by atoms with Gasteiger partial charge in [0.1, 0.15) is 18.1 Å². The van der Waals surface area contributed by atoms with Gasteiger partial charge in [0, 0.05) is 14.2 Å². The molecule has 0 fully saturated rings. The topological polar surface area (TPSA) is 56.8 Å². The Balaban J connectivity index is 0. The molecule has 1 N–H and O–H groups in total. The van der Waals surface area contributed by atoms with Crippen LogP contribution in [-0.2, 0) is 4.74 Å². The van der Waals surface area contributed by atoms with E-state index in [4.69, 9.17) is 14.2 Å². The molecular formula is C13H23NO4. The fourth-order valence-corrected chi connectivity index (χ4v) is 1.00. The lowest BCUT2D eigenvalue weighted by atomic mass is 10.3. The van der Waals surface area contributed by atoms with Crippen LogP contribution in [-0.4, -0.2) is 33.5 Å². The lowest BCUT2D eigenvalue weighted by Crippen LogP contribution is -2.21. The first-order valence-electron chi connectivity index (χ1n) is 4.87. The number of hydrogen-bond acceptors (Lipinski definition) is 4. The summed E-state index contributed by atoms with van der Waals surface area (Å²) in [7, 11) is 3.12. The van der Waals surface area contributed by atoms with Gasteiger partial charge in [0.2, 0.25) is 0 Å². The number of carbonyl (C=O) groups is 1. The van der Waals surface area contributed by atoms with Gasteiger partial charge in [-0.3, -0.25) is 0 Å². The fraction of sp³-hybridized carbons (Fsp3) is 0.462. The van der Waals surface area contributed by atoms with E-state index in [1.54, 1.807) is 31.4 Å². The van der Waals surface area contributed by atoms with Crippen molar-refractivity contribution in [2.45, 2.75) is 14.9 Å². The number of ether oxygens (including phenoxy) is 3. The molecule has 104 valence electrons. The third-order valence-corrected chi connectivity index (χ3v) is 1.79. The van der Waals surface area contributed by atoms with Crippen LogP contribution >= 0.6 is 0 Å². The van der Waals surface area contributed by atoms with Gasteiger partial charge in [0.25, 0.3) is 0 Å². The Bertz CT molecular complexity index is 324. The first kappa shape index (κ1) is 18.6. The molecule has 0 saturated carbocycles. The SMILES string of the molecule is C.C.CNC(=O)Oc1ccc(OCCOC)cc1. The van der Waals surface area contributed by atoms with Gasteiger partial charge in [-0.2, -0.15) is 0 Å². The highest BCUT2D eigenvalue weighted by molar-refractivity contribution is 5.69. The summed E-state index contributed by atoms with van der Waals surface area (Å²) in [4.78, 5) is 10.9. The van der Waals surface area contributed by atoms with Crippen LogP contribution in [0.4, 0.5) is 4.79 Å². The molecule has 0 aliphatic heterocycles. The minimum absolute atomic E-state index is 0. The first-order valence-corrected chi connectivity index (χ1v) is 4.87. The van der Waals surface area contributed by atoms with Crippen LogP contribution in [0.15, 0.2) is 24.3 Å². The Morgan fingerprint density at radius 3 is 2.17 bits per heavy atom. The molecule has 5 heteroatoms. The molecule has 1 rings (SSSR count). The Labute approximate surface area is 109 Å². The van der Waals surface area contributed by atoms with Gasteiger partial charge in [-0.05, 0) is 24.3 Å². The summed E-state index contributed by atoms with van der Waals surface area (Å²) in [6, 6.07) is 6.79. The number of amides is 1. The van der Waals surface area contributed by atoms with E-state index in [2.05, 4.69) is 5.32 Å². The smallest absolute Gasteiger partial charge is 0.412 e. The summed E-state index contributed by atoms with van der Waals surface area (Å²) in [6.07, 6.45) is -0.493. The van der Waals surface area contributed by atoms with Gasteiger partial charge in [-0.1, -0.05) is 14.9 Å². The third kappa shape index (κ3) is 6.75. The fourth-order valence-electron chi connectivity index (χ4n) is 1.00. The molecule has 0 spiro atoms. The second-order valence-electron chi connectivity index (χ2n) is 2.95. The zero-order valence-electron chi connectivity index (χ0n) is 9.36. The lowest BCUT2D eigenvalue weighted by Gasteiger charge is -2.06. The largest absolute Gasteiger partial charge is 0.491 e. The summed E-state index contributed by atoms with van der Waals surface area (Å²) in [5.74, 6) is 1.18. The average molecular weight is 257 g/mol. The van der Waals surface area contributed by atoms with E-state index < -0.39 is 6.09 Å². The maximum Gasteiger partial charge on any atom is 0.412 e. The van der Waals surface area contributed by atoms with Gasteiger partial charge in [-0.25, -0.2) is 4.79 Å². The Morgan fingerprint density at radius 1 is 1.11 bits per heavy atom. The van der Waals surface area contributed by atoms with Gasteiger partial charge >= 0.3 is 6.09 Å². The van der Waals surface area contributed by atoms with Crippen molar-refractivity contribution in [2.24, 2.45) is 0 Å². The van der Waals surface area contributed by atoms with E-state index >= 15 is 0 Å². The summed E-state index contributed by atoms with van der Waals surface area (Å²) < 4.78 is 15.1. The Morgan fingerprint density at radius 2 is 1.67 bits per heavy atom. The van der Waals surface area contributed by atoms with Crippen LogP contribution in [0.1, 0.15) is 14.9 Å². The van der Waals surface area contributed by atoms with E-state index in [1.165, 1.54) is 7.05 Å². The average Bonchev–Trinajstić information content (AvgIpc) is 2.31. The maximum absolute atomic E-state index is 10.9. The normalized spacial score (nSPS) is 8.56. The van der Waals surface area contributed by atoms with E-state index in [1.807, 2.05) is 0 Å². The highest BCUT2D eigenvalue weighted by Gasteiger charge is 2.01. The van der Waals surface area contributed by atoms with Gasteiger partial charge in [0.05, 0.1) is 6.61 Å². The number of hydrogen-bond donors (Lipinski definition) is 1. The van der Waals surface area contributed by atoms with Crippen LogP contribution in [0.5, 0.6) is 11.5 Å². The summed E-state index contributed by atoms with van der Waals surface area (Å²) >= 11 is 0. The summed E-state index contributed by atoms with van der Waals surface area (Å²) in [6.45, 7) is 1.03. The second kappa shape index (κ2) is 10.4. The summed E-state index contributed by atoms with van der Waals surface area (Å²) in [5, 5.41) is 2.36. The minimum atomic E-state index is -0.493. The van der Waals surface area contributed by atoms with Crippen molar-refractivity contribution >= 4 is 6.09 Å². The van der Waals surface area contributed by atoms with Crippen molar-refractivity contribution in [3.05, 3.63) is 24.3 Å². The van der Waals surface area contributed by atoms with Crippen molar-refractivity contribution in [3.63, 3.8) is 0 Å². The standard InChI is InChI=1S/C11H15NO4.2CH4/c1-12-11(13)16-10-5-3-9(4-6-10)15-8-7-14-2;;/h3-6H,7-8H2,1-2H3,(H,12,13);2*1H4. The quantitative estimate of drug-likeness (QED) is 0.824. The van der Waals surface area contributed by atoms with Crippen LogP contribution in [0, 0.1) is 0 Å². The van der Waals surface area contributed by atoms with Crippen LogP contribution in [0.3, 0.4) is 0 Å². The van der Waals surface area contributed by atoms with Gasteiger partial charge in [0.15, 0.2) is 0 Å². The van der Waals surface area contributed by atoms with Crippen molar-refractivity contribution in [3.8, 4) is 11.5 Å². The molecule has 18 heavy (non-hydrogen) atoms. The number of nitrogens with one attached hydrogen (secondary N) is 1. The predicted molar refractivity (Wildman–Crippen MR) is 72.4 cm³/mol. The molecule has 5 nitrogen and oxygen atoms in total. The van der Waals surface area contributed by atoms with Crippen LogP contribution in [0.25, 0.3) is 0 Å². The molecule has 0 aliphatic carbocycles. The molecule has 1 amide bonds. The van der Waals surface area contributed by atoms with E-state index in [-0.39, 0.29) is 14.9 Å². The molecule has 1 aromatic carbocycles. The molecule has 0 saturated heterocycles. The first-order chi connectivity index (χ1) is 7.76. The Kier molecular flexibility index (Phi) is 10.8. The lowest BCUT2D eigenvalue weighted by molar-refractivity contribution is 0.146. The third-order valence-electron chi connectivity index (χ3n) is 1.79. The van der Waals surface area contributed by atoms with Gasteiger partial charge < -0.3 is 19.5 Å². The van der Waals surface area contributed by atoms with Crippen molar-refractivity contribution in [1.29, 1.82) is 0 Å². The van der Waals surface area contributed by atoms with E-state index in [0.717, 1.165) is 0 Å². The van der Waals surface area contributed by atoms with Crippen LogP contribution < -0.4 is 14.8 Å². The number of benzene rings is 1. The van der Waals surface area contributed by atoms with Crippen LogP contribution in [0.2, 0.25) is 0 Å². The van der Waals surface area contributed by atoms with Crippen molar-refractivity contribution in [1.82, 2.24) is 5.32 Å². The number of methoxy groups -OCH3 is 1.